The van der Waals surface area contributed by atoms with Crippen molar-refractivity contribution in [1.29, 1.82) is 0 Å². The third-order valence-electron chi connectivity index (χ3n) is 3.83. The molecule has 0 aliphatic carbocycles. The van der Waals surface area contributed by atoms with E-state index < -0.39 is 17.6 Å². The summed E-state index contributed by atoms with van der Waals surface area (Å²) in [5.41, 5.74) is 1.58. The molecule has 0 aliphatic rings. The molecule has 0 radical (unpaired) electrons. The predicted octanol–water partition coefficient (Wildman–Crippen LogP) is 4.73. The van der Waals surface area contributed by atoms with Crippen LogP contribution in [-0.2, 0) is 12.7 Å². The molecule has 0 aliphatic heterocycles. The molecule has 0 bridgehead atoms. The zero-order valence-electron chi connectivity index (χ0n) is 13.6. The van der Waals surface area contributed by atoms with Crippen molar-refractivity contribution in [1.82, 2.24) is 9.97 Å². The highest BCUT2D eigenvalue weighted by molar-refractivity contribution is 5.76. The smallest absolute Gasteiger partial charge is 0.354 e. The number of alkyl halides is 3. The standard InChI is InChI=1S/C18H15F4N3/c1-11-3-6-15-16(7-11)23-9-17(24-15)25(2)10-12-4-5-14(19)13(8-12)18(20,21)22/h3-9H,10H2,1-2H3. The normalized spacial score (nSPS) is 11.8. The average Bonchev–Trinajstić information content (AvgIpc) is 2.55. The minimum atomic E-state index is -4.72. The summed E-state index contributed by atoms with van der Waals surface area (Å²) in [6.45, 7) is 2.10. The second-order valence-corrected chi connectivity index (χ2v) is 5.89. The van der Waals surface area contributed by atoms with E-state index >= 15 is 0 Å². The van der Waals surface area contributed by atoms with E-state index in [1.807, 2.05) is 25.1 Å². The summed E-state index contributed by atoms with van der Waals surface area (Å²) in [6.07, 6.45) is -3.16. The second kappa shape index (κ2) is 6.31. The van der Waals surface area contributed by atoms with Crippen molar-refractivity contribution >= 4 is 16.9 Å². The van der Waals surface area contributed by atoms with Gasteiger partial charge in [0, 0.05) is 13.6 Å². The van der Waals surface area contributed by atoms with Gasteiger partial charge in [0.05, 0.1) is 22.8 Å². The first-order valence-corrected chi connectivity index (χ1v) is 7.54. The van der Waals surface area contributed by atoms with Crippen molar-refractivity contribution in [3.05, 3.63) is 65.1 Å². The van der Waals surface area contributed by atoms with E-state index in [0.29, 0.717) is 16.9 Å². The number of hydrogen-bond acceptors (Lipinski definition) is 3. The van der Waals surface area contributed by atoms with Gasteiger partial charge in [-0.3, -0.25) is 4.98 Å². The Balaban J connectivity index is 1.87. The monoisotopic (exact) mass is 349 g/mol. The van der Waals surface area contributed by atoms with Gasteiger partial charge in [0.1, 0.15) is 11.6 Å². The first-order chi connectivity index (χ1) is 11.7. The average molecular weight is 349 g/mol. The van der Waals surface area contributed by atoms with Gasteiger partial charge in [-0.15, -0.1) is 0 Å². The van der Waals surface area contributed by atoms with E-state index in [4.69, 9.17) is 0 Å². The van der Waals surface area contributed by atoms with Crippen molar-refractivity contribution in [3.8, 4) is 0 Å². The van der Waals surface area contributed by atoms with E-state index in [1.165, 1.54) is 6.07 Å². The van der Waals surface area contributed by atoms with Gasteiger partial charge >= 0.3 is 6.18 Å². The number of rotatable bonds is 3. The Morgan fingerprint density at radius 1 is 1.04 bits per heavy atom. The Labute approximate surface area is 141 Å². The fourth-order valence-electron chi connectivity index (χ4n) is 2.54. The number of halogens is 4. The van der Waals surface area contributed by atoms with Crippen LogP contribution in [0.3, 0.4) is 0 Å². The van der Waals surface area contributed by atoms with Crippen molar-refractivity contribution in [2.24, 2.45) is 0 Å². The Bertz CT molecular complexity index is 922. The number of benzene rings is 2. The maximum Gasteiger partial charge on any atom is 0.419 e. The molecule has 2 aromatic carbocycles. The van der Waals surface area contributed by atoms with E-state index in [2.05, 4.69) is 9.97 Å². The summed E-state index contributed by atoms with van der Waals surface area (Å²) < 4.78 is 51.8. The molecule has 0 saturated heterocycles. The SMILES string of the molecule is Cc1ccc2nc(N(C)Cc3ccc(F)c(C(F)(F)F)c3)cnc2c1. The number of aromatic nitrogens is 2. The van der Waals surface area contributed by atoms with E-state index in [0.717, 1.165) is 23.2 Å². The number of hydrogen-bond donors (Lipinski definition) is 0. The van der Waals surface area contributed by atoms with Gasteiger partial charge in [-0.2, -0.15) is 13.2 Å². The molecule has 0 amide bonds. The summed E-state index contributed by atoms with van der Waals surface area (Å²) in [4.78, 5) is 10.5. The van der Waals surface area contributed by atoms with Crippen LogP contribution in [0, 0.1) is 12.7 Å². The van der Waals surface area contributed by atoms with Crippen molar-refractivity contribution < 1.29 is 17.6 Å². The molecule has 0 unspecified atom stereocenters. The minimum absolute atomic E-state index is 0.148. The fraction of sp³-hybridized carbons (Fsp3) is 0.222. The zero-order valence-corrected chi connectivity index (χ0v) is 13.6. The summed E-state index contributed by atoms with van der Waals surface area (Å²) in [6, 6.07) is 8.65. The van der Waals surface area contributed by atoms with Crippen molar-refractivity contribution in [3.63, 3.8) is 0 Å². The van der Waals surface area contributed by atoms with Crippen LogP contribution in [-0.4, -0.2) is 17.0 Å². The molecule has 3 rings (SSSR count). The van der Waals surface area contributed by atoms with Gasteiger partial charge in [0.15, 0.2) is 0 Å². The number of nitrogens with zero attached hydrogens (tertiary/aromatic N) is 3. The third-order valence-corrected chi connectivity index (χ3v) is 3.83. The molecule has 25 heavy (non-hydrogen) atoms. The topological polar surface area (TPSA) is 29.0 Å². The fourth-order valence-corrected chi connectivity index (χ4v) is 2.54. The predicted molar refractivity (Wildman–Crippen MR) is 87.8 cm³/mol. The first-order valence-electron chi connectivity index (χ1n) is 7.54. The molecule has 0 fully saturated rings. The van der Waals surface area contributed by atoms with Crippen LogP contribution in [0.15, 0.2) is 42.6 Å². The van der Waals surface area contributed by atoms with Crippen LogP contribution >= 0.6 is 0 Å². The van der Waals surface area contributed by atoms with Gasteiger partial charge in [0.25, 0.3) is 0 Å². The Morgan fingerprint density at radius 3 is 2.52 bits per heavy atom. The van der Waals surface area contributed by atoms with E-state index in [-0.39, 0.29) is 6.54 Å². The molecule has 130 valence electrons. The summed E-state index contributed by atoms with van der Waals surface area (Å²) in [5.74, 6) is -0.756. The third kappa shape index (κ3) is 3.70. The summed E-state index contributed by atoms with van der Waals surface area (Å²) in [7, 11) is 1.70. The van der Waals surface area contributed by atoms with Gasteiger partial charge in [-0.05, 0) is 42.3 Å². The number of fused-ring (bicyclic) bond motifs is 1. The van der Waals surface area contributed by atoms with E-state index in [9.17, 15) is 17.6 Å². The molecule has 0 saturated carbocycles. The number of anilines is 1. The van der Waals surface area contributed by atoms with Crippen LogP contribution in [0.5, 0.6) is 0 Å². The Morgan fingerprint density at radius 2 is 1.80 bits per heavy atom. The molecule has 0 N–H and O–H groups in total. The Hall–Kier alpha value is -2.70. The van der Waals surface area contributed by atoms with Crippen LogP contribution in [0.4, 0.5) is 23.4 Å². The second-order valence-electron chi connectivity index (χ2n) is 5.89. The van der Waals surface area contributed by atoms with Crippen LogP contribution in [0.1, 0.15) is 16.7 Å². The summed E-state index contributed by atoms with van der Waals surface area (Å²) >= 11 is 0. The lowest BCUT2D eigenvalue weighted by Crippen LogP contribution is -2.19. The first kappa shape index (κ1) is 17.1. The van der Waals surface area contributed by atoms with Crippen LogP contribution in [0.25, 0.3) is 11.0 Å². The highest BCUT2D eigenvalue weighted by atomic mass is 19.4. The lowest BCUT2D eigenvalue weighted by Gasteiger charge is -2.19. The largest absolute Gasteiger partial charge is 0.419 e. The molecule has 1 aromatic heterocycles. The molecule has 0 atom stereocenters. The highest BCUT2D eigenvalue weighted by Crippen LogP contribution is 2.32. The molecule has 7 heteroatoms. The molecular formula is C18H15F4N3. The van der Waals surface area contributed by atoms with E-state index in [1.54, 1.807) is 18.1 Å². The highest BCUT2D eigenvalue weighted by Gasteiger charge is 2.34. The molecular weight excluding hydrogens is 334 g/mol. The number of aryl methyl sites for hydroxylation is 1. The molecule has 3 aromatic rings. The molecule has 3 nitrogen and oxygen atoms in total. The van der Waals surface area contributed by atoms with Gasteiger partial charge in [-0.1, -0.05) is 12.1 Å². The Kier molecular flexibility index (Phi) is 4.32. The maximum atomic E-state index is 13.4. The minimum Gasteiger partial charge on any atom is -0.354 e. The van der Waals surface area contributed by atoms with Crippen LogP contribution < -0.4 is 4.90 Å². The van der Waals surface area contributed by atoms with Gasteiger partial charge in [0.2, 0.25) is 0 Å². The summed E-state index contributed by atoms with van der Waals surface area (Å²) in [5, 5.41) is 0. The zero-order chi connectivity index (χ0) is 18.2. The lowest BCUT2D eigenvalue weighted by atomic mass is 10.1. The van der Waals surface area contributed by atoms with Crippen molar-refractivity contribution in [2.75, 3.05) is 11.9 Å². The van der Waals surface area contributed by atoms with Crippen molar-refractivity contribution in [2.45, 2.75) is 19.6 Å². The quantitative estimate of drug-likeness (QED) is 0.640. The van der Waals surface area contributed by atoms with Crippen LogP contribution in [0.2, 0.25) is 0 Å². The van der Waals surface area contributed by atoms with Gasteiger partial charge < -0.3 is 4.90 Å². The lowest BCUT2D eigenvalue weighted by molar-refractivity contribution is -0.140. The molecule has 0 spiro atoms. The molecule has 1 heterocycles. The maximum absolute atomic E-state index is 13.4. The van der Waals surface area contributed by atoms with Gasteiger partial charge in [-0.25, -0.2) is 9.37 Å².